The fourth-order valence-electron chi connectivity index (χ4n) is 4.77. The van der Waals surface area contributed by atoms with E-state index in [1.807, 2.05) is 6.07 Å². The molecule has 0 spiro atoms. The number of hydrogen-bond donors (Lipinski definition) is 2. The maximum atomic E-state index is 10.2. The number of unbranched alkanes of at least 4 members (excludes halogenated alkanes) is 3. The Hall–Kier alpha value is -2.52. The number of phenolic OH excluding ortho intramolecular Hbond substituents is 1. The molecule has 1 heterocycles. The molecule has 0 aliphatic carbocycles. The average Bonchev–Trinajstić information content (AvgIpc) is 3.09. The van der Waals surface area contributed by atoms with E-state index in [-0.39, 0.29) is 0 Å². The molecule has 0 fully saturated rings. The van der Waals surface area contributed by atoms with Crippen molar-refractivity contribution in [3.8, 4) is 28.1 Å². The van der Waals surface area contributed by atoms with Crippen LogP contribution in [-0.4, -0.2) is 38.3 Å². The van der Waals surface area contributed by atoms with E-state index in [0.717, 1.165) is 24.9 Å². The van der Waals surface area contributed by atoms with Crippen LogP contribution in [0, 0.1) is 6.92 Å². The molecule has 0 amide bonds. The normalized spacial score (nSPS) is 11.6. The van der Waals surface area contributed by atoms with Crippen LogP contribution in [0.2, 0.25) is 0 Å². The number of aromatic hydroxyl groups is 1. The monoisotopic (exact) mass is 520 g/mol. The van der Waals surface area contributed by atoms with Gasteiger partial charge in [-0.25, -0.2) is 0 Å². The Morgan fingerprint density at radius 1 is 0.882 bits per heavy atom. The summed E-state index contributed by atoms with van der Waals surface area (Å²) in [6, 6.07) is 23.6. The Balaban J connectivity index is 1.62. The summed E-state index contributed by atoms with van der Waals surface area (Å²) in [6.45, 7) is 8.66. The van der Waals surface area contributed by atoms with Gasteiger partial charge in [-0.15, -0.1) is 0 Å². The molecule has 3 nitrogen and oxygen atoms in total. The van der Waals surface area contributed by atoms with Crippen molar-refractivity contribution in [1.29, 1.82) is 0 Å². The molecule has 0 radical (unpaired) electrons. The van der Waals surface area contributed by atoms with Gasteiger partial charge in [-0.05, 0) is 0 Å². The zero-order valence-electron chi connectivity index (χ0n) is 20.5. The van der Waals surface area contributed by atoms with Crippen LogP contribution in [0.1, 0.15) is 45.1 Å². The standard InChI is InChI=1S/C30H36N2OSe/c1-21(2)31-17-9-4-5-10-18-32-28-16-14-25(33)20-27(28)22(3)30(32)26-15-13-24(19-29(26)34)23-11-7-6-8-12-23/h6-8,11-16,19-21,31,33-34H,4-5,9-10,17-18H2,1-3H3. The molecule has 4 heteroatoms. The van der Waals surface area contributed by atoms with Crippen molar-refractivity contribution in [1.82, 2.24) is 9.88 Å². The fourth-order valence-corrected chi connectivity index (χ4v) is 5.44. The molecule has 2 N–H and O–H groups in total. The number of rotatable bonds is 10. The summed E-state index contributed by atoms with van der Waals surface area (Å²) in [5.41, 5.74) is 7.40. The van der Waals surface area contributed by atoms with Crippen LogP contribution >= 0.6 is 0 Å². The molecule has 34 heavy (non-hydrogen) atoms. The van der Waals surface area contributed by atoms with Crippen LogP contribution in [0.15, 0.2) is 66.7 Å². The second-order valence-corrected chi connectivity index (χ2v) is 10.5. The molecule has 0 bridgehead atoms. The van der Waals surface area contributed by atoms with Crippen LogP contribution in [0.25, 0.3) is 33.3 Å². The van der Waals surface area contributed by atoms with E-state index in [1.54, 1.807) is 6.07 Å². The Morgan fingerprint density at radius 3 is 2.38 bits per heavy atom. The minimum atomic E-state index is 0.323. The number of fused-ring (bicyclic) bond motifs is 1. The van der Waals surface area contributed by atoms with Gasteiger partial charge >= 0.3 is 199 Å². The predicted octanol–water partition coefficient (Wildman–Crippen LogP) is 6.07. The van der Waals surface area contributed by atoms with Crippen molar-refractivity contribution in [2.75, 3.05) is 6.54 Å². The van der Waals surface area contributed by atoms with Crippen LogP contribution in [-0.2, 0) is 6.54 Å². The predicted molar refractivity (Wildman–Crippen MR) is 148 cm³/mol. The van der Waals surface area contributed by atoms with Gasteiger partial charge in [0.15, 0.2) is 0 Å². The number of hydrogen-bond acceptors (Lipinski definition) is 2. The van der Waals surface area contributed by atoms with Gasteiger partial charge in [-0.3, -0.25) is 0 Å². The van der Waals surface area contributed by atoms with Gasteiger partial charge in [0, 0.05) is 0 Å². The first-order valence-corrected chi connectivity index (χ1v) is 13.3. The molecule has 0 atom stereocenters. The molecule has 4 rings (SSSR count). The van der Waals surface area contributed by atoms with Gasteiger partial charge in [0.2, 0.25) is 0 Å². The Labute approximate surface area is 212 Å². The number of benzene rings is 3. The number of nitrogens with zero attached hydrogens (tertiary/aromatic N) is 1. The van der Waals surface area contributed by atoms with Crippen LogP contribution in [0.5, 0.6) is 5.75 Å². The molecule has 3 aromatic carbocycles. The van der Waals surface area contributed by atoms with Crippen molar-refractivity contribution < 1.29 is 5.11 Å². The summed E-state index contributed by atoms with van der Waals surface area (Å²) in [5, 5.41) is 14.8. The number of nitrogens with one attached hydrogen (secondary N) is 1. The van der Waals surface area contributed by atoms with E-state index < -0.39 is 0 Å². The molecular formula is C30H36N2OSe. The van der Waals surface area contributed by atoms with Gasteiger partial charge in [0.1, 0.15) is 0 Å². The van der Waals surface area contributed by atoms with Crippen LogP contribution in [0.3, 0.4) is 0 Å². The zero-order valence-corrected chi connectivity index (χ0v) is 22.4. The molecule has 4 aromatic rings. The number of aryl methyl sites for hydroxylation is 2. The van der Waals surface area contributed by atoms with E-state index in [4.69, 9.17) is 0 Å². The summed E-state index contributed by atoms with van der Waals surface area (Å²) >= 11 is 2.76. The summed E-state index contributed by atoms with van der Waals surface area (Å²) in [7, 11) is 0. The SMILES string of the molecule is Cc1c(-c2ccc(-c3ccccc3)cc2[SeH])n(CCCCCCNC(C)C)c2ccc(O)cc12. The third-order valence-corrected chi connectivity index (χ3v) is 7.30. The van der Waals surface area contributed by atoms with E-state index >= 15 is 0 Å². The Morgan fingerprint density at radius 2 is 1.65 bits per heavy atom. The fraction of sp³-hybridized carbons (Fsp3) is 0.333. The van der Waals surface area contributed by atoms with Gasteiger partial charge < -0.3 is 0 Å². The topological polar surface area (TPSA) is 37.2 Å². The summed E-state index contributed by atoms with van der Waals surface area (Å²) in [6.07, 6.45) is 4.84. The molecule has 178 valence electrons. The van der Waals surface area contributed by atoms with Crippen LogP contribution in [0.4, 0.5) is 0 Å². The van der Waals surface area contributed by atoms with Crippen molar-refractivity contribution in [3.63, 3.8) is 0 Å². The van der Waals surface area contributed by atoms with Crippen molar-refractivity contribution in [2.45, 2.75) is 59.0 Å². The third kappa shape index (κ3) is 5.58. The van der Waals surface area contributed by atoms with E-state index in [9.17, 15) is 5.11 Å². The quantitative estimate of drug-likeness (QED) is 0.197. The number of phenols is 1. The molecule has 0 aliphatic rings. The first kappa shape index (κ1) is 24.6. The Kier molecular flexibility index (Phi) is 8.15. The van der Waals surface area contributed by atoms with Gasteiger partial charge in [0.25, 0.3) is 0 Å². The second kappa shape index (κ2) is 11.3. The van der Waals surface area contributed by atoms with E-state index in [1.165, 1.54) is 57.2 Å². The van der Waals surface area contributed by atoms with Crippen molar-refractivity contribution in [2.24, 2.45) is 0 Å². The molecular weight excluding hydrogens is 483 g/mol. The van der Waals surface area contributed by atoms with Crippen molar-refractivity contribution in [3.05, 3.63) is 72.3 Å². The van der Waals surface area contributed by atoms with Gasteiger partial charge in [0.05, 0.1) is 0 Å². The zero-order chi connectivity index (χ0) is 24.1. The number of aromatic nitrogens is 1. The maximum absolute atomic E-state index is 10.2. The average molecular weight is 520 g/mol. The molecule has 1 aromatic heterocycles. The molecule has 0 saturated heterocycles. The second-order valence-electron chi connectivity index (χ2n) is 9.45. The summed E-state index contributed by atoms with van der Waals surface area (Å²) in [4.78, 5) is 0. The van der Waals surface area contributed by atoms with E-state index in [2.05, 4.69) is 101 Å². The minimum absolute atomic E-state index is 0.323. The van der Waals surface area contributed by atoms with E-state index in [0.29, 0.717) is 11.8 Å². The molecule has 0 saturated carbocycles. The molecule has 0 unspecified atom stereocenters. The third-order valence-electron chi connectivity index (χ3n) is 6.52. The Bertz CT molecular complexity index is 1240. The van der Waals surface area contributed by atoms with Crippen LogP contribution < -0.4 is 9.78 Å². The van der Waals surface area contributed by atoms with Crippen molar-refractivity contribution >= 4 is 31.4 Å². The first-order chi connectivity index (χ1) is 16.5. The van der Waals surface area contributed by atoms with Gasteiger partial charge in [-0.1, -0.05) is 13.8 Å². The first-order valence-electron chi connectivity index (χ1n) is 12.4. The summed E-state index contributed by atoms with van der Waals surface area (Å²) < 4.78 is 3.68. The summed E-state index contributed by atoms with van der Waals surface area (Å²) in [5.74, 6) is 0.323. The van der Waals surface area contributed by atoms with Gasteiger partial charge in [-0.2, -0.15) is 0 Å². The molecule has 0 aliphatic heterocycles.